The molecule has 3 saturated heterocycles. The molecule has 0 bridgehead atoms. The van der Waals surface area contributed by atoms with Crippen LogP contribution in [-0.2, 0) is 9.59 Å². The van der Waals surface area contributed by atoms with Gasteiger partial charge in [0.2, 0.25) is 5.91 Å². The molecule has 5 rings (SSSR count). The molecule has 2 aromatic rings. The zero-order valence-corrected chi connectivity index (χ0v) is 16.7. The maximum absolute atomic E-state index is 13.4. The van der Waals surface area contributed by atoms with Crippen molar-refractivity contribution in [1.29, 1.82) is 0 Å². The molecule has 0 radical (unpaired) electrons. The van der Waals surface area contributed by atoms with E-state index in [2.05, 4.69) is 25.9 Å². The van der Waals surface area contributed by atoms with Gasteiger partial charge < -0.3 is 0 Å². The van der Waals surface area contributed by atoms with Crippen LogP contribution in [0, 0.1) is 5.92 Å². The van der Waals surface area contributed by atoms with Gasteiger partial charge in [0.1, 0.15) is 6.04 Å². The molecular weight excluding hydrogens is 430 g/mol. The summed E-state index contributed by atoms with van der Waals surface area (Å²) in [5, 5.41) is 4.96. The van der Waals surface area contributed by atoms with E-state index in [9.17, 15) is 9.59 Å². The summed E-state index contributed by atoms with van der Waals surface area (Å²) in [7, 11) is 0. The van der Waals surface area contributed by atoms with E-state index in [1.54, 1.807) is 6.07 Å². The second-order valence-electron chi connectivity index (χ2n) is 7.11. The molecule has 0 N–H and O–H groups in total. The largest absolute Gasteiger partial charge is 0.274 e. The van der Waals surface area contributed by atoms with Gasteiger partial charge in [-0.15, -0.1) is 0 Å². The lowest BCUT2D eigenvalue weighted by molar-refractivity contribution is -0.126. The fourth-order valence-corrected chi connectivity index (χ4v) is 5.23. The Kier molecular flexibility index (Phi) is 4.13. The van der Waals surface area contributed by atoms with Crippen molar-refractivity contribution in [2.24, 2.45) is 5.92 Å². The number of hydrazine groups is 1. The summed E-state index contributed by atoms with van der Waals surface area (Å²) in [6.45, 7) is 1.66. The predicted molar refractivity (Wildman–Crippen MR) is 106 cm³/mol. The highest BCUT2D eigenvalue weighted by atomic mass is 79.9. The molecular formula is C20H17BrClN3O2. The number of amides is 2. The minimum absolute atomic E-state index is 0.133. The third-order valence-corrected chi connectivity index (χ3v) is 6.63. The zero-order chi connectivity index (χ0) is 18.7. The van der Waals surface area contributed by atoms with E-state index in [0.29, 0.717) is 10.7 Å². The number of benzene rings is 2. The molecule has 0 aromatic heterocycles. The van der Waals surface area contributed by atoms with Gasteiger partial charge in [-0.25, -0.2) is 14.9 Å². The van der Waals surface area contributed by atoms with Gasteiger partial charge in [-0.3, -0.25) is 9.59 Å². The molecule has 0 aliphatic carbocycles. The number of anilines is 1. The van der Waals surface area contributed by atoms with Crippen LogP contribution in [0.15, 0.2) is 53.0 Å². The van der Waals surface area contributed by atoms with E-state index in [1.165, 1.54) is 4.90 Å². The minimum Gasteiger partial charge on any atom is -0.274 e. The van der Waals surface area contributed by atoms with Crippen LogP contribution in [0.3, 0.4) is 0 Å². The first-order valence-corrected chi connectivity index (χ1v) is 10.2. The van der Waals surface area contributed by atoms with E-state index in [-0.39, 0.29) is 17.9 Å². The normalized spacial score (nSPS) is 28.1. The number of imide groups is 1. The van der Waals surface area contributed by atoms with Crippen molar-refractivity contribution in [3.63, 3.8) is 0 Å². The Morgan fingerprint density at radius 3 is 2.26 bits per heavy atom. The highest BCUT2D eigenvalue weighted by Crippen LogP contribution is 2.49. The van der Waals surface area contributed by atoms with Crippen molar-refractivity contribution >= 4 is 45.0 Å². The lowest BCUT2D eigenvalue weighted by Gasteiger charge is -2.30. The molecule has 138 valence electrons. The molecule has 3 heterocycles. The van der Waals surface area contributed by atoms with E-state index in [4.69, 9.17) is 11.6 Å². The van der Waals surface area contributed by atoms with Crippen molar-refractivity contribution in [2.45, 2.75) is 18.5 Å². The number of carbonyl (C=O) groups excluding carboxylic acids is 2. The second kappa shape index (κ2) is 6.41. The van der Waals surface area contributed by atoms with Crippen molar-refractivity contribution in [1.82, 2.24) is 10.0 Å². The van der Waals surface area contributed by atoms with Gasteiger partial charge in [-0.05, 0) is 52.2 Å². The van der Waals surface area contributed by atoms with Crippen molar-refractivity contribution in [3.05, 3.63) is 63.6 Å². The Morgan fingerprint density at radius 1 is 0.889 bits per heavy atom. The zero-order valence-electron chi connectivity index (χ0n) is 14.4. The quantitative estimate of drug-likeness (QED) is 0.661. The van der Waals surface area contributed by atoms with Gasteiger partial charge in [0.25, 0.3) is 5.91 Å². The lowest BCUT2D eigenvalue weighted by atomic mass is 9.90. The number of hydrogen-bond acceptors (Lipinski definition) is 4. The molecule has 0 unspecified atom stereocenters. The summed E-state index contributed by atoms with van der Waals surface area (Å²) in [6.07, 6.45) is 0.990. The summed E-state index contributed by atoms with van der Waals surface area (Å²) in [4.78, 5) is 28.1. The number of fused-ring (bicyclic) bond motifs is 3. The Labute approximate surface area is 170 Å². The first-order valence-electron chi connectivity index (χ1n) is 8.99. The van der Waals surface area contributed by atoms with Gasteiger partial charge in [0.05, 0.1) is 17.6 Å². The highest BCUT2D eigenvalue weighted by Gasteiger charge is 2.62. The topological polar surface area (TPSA) is 43.9 Å². The van der Waals surface area contributed by atoms with Gasteiger partial charge >= 0.3 is 0 Å². The Hall–Kier alpha value is -1.73. The Balaban J connectivity index is 1.60. The van der Waals surface area contributed by atoms with Crippen LogP contribution >= 0.6 is 27.5 Å². The number of rotatable bonds is 2. The van der Waals surface area contributed by atoms with Crippen LogP contribution < -0.4 is 4.90 Å². The number of hydrogen-bond donors (Lipinski definition) is 0. The van der Waals surface area contributed by atoms with Crippen LogP contribution in [0.2, 0.25) is 5.02 Å². The van der Waals surface area contributed by atoms with Gasteiger partial charge in [-0.1, -0.05) is 35.9 Å². The number of nitrogens with zero attached hydrogens (tertiary/aromatic N) is 3. The summed E-state index contributed by atoms with van der Waals surface area (Å²) in [6, 6.07) is 14.4. The number of halogens is 2. The summed E-state index contributed by atoms with van der Waals surface area (Å²) in [5.41, 5.74) is 1.64. The van der Waals surface area contributed by atoms with Gasteiger partial charge in [0, 0.05) is 22.6 Å². The van der Waals surface area contributed by atoms with E-state index < -0.39 is 12.0 Å². The third-order valence-electron chi connectivity index (χ3n) is 5.71. The molecule has 0 spiro atoms. The van der Waals surface area contributed by atoms with Gasteiger partial charge in [0.15, 0.2) is 0 Å². The average Bonchev–Trinajstić information content (AvgIpc) is 3.30. The van der Waals surface area contributed by atoms with Crippen molar-refractivity contribution < 1.29 is 9.59 Å². The van der Waals surface area contributed by atoms with E-state index in [1.807, 2.05) is 42.5 Å². The molecule has 7 heteroatoms. The Morgan fingerprint density at radius 2 is 1.56 bits per heavy atom. The highest BCUT2D eigenvalue weighted by molar-refractivity contribution is 9.10. The molecule has 3 atom stereocenters. The molecule has 5 nitrogen and oxygen atoms in total. The van der Waals surface area contributed by atoms with E-state index >= 15 is 0 Å². The Bertz CT molecular complexity index is 935. The van der Waals surface area contributed by atoms with Crippen LogP contribution in [0.4, 0.5) is 5.69 Å². The molecule has 3 aliphatic rings. The molecule has 2 amide bonds. The monoisotopic (exact) mass is 445 g/mol. The van der Waals surface area contributed by atoms with Crippen molar-refractivity contribution in [2.75, 3.05) is 18.0 Å². The summed E-state index contributed by atoms with van der Waals surface area (Å²) < 4.78 is 0.744. The van der Waals surface area contributed by atoms with Crippen LogP contribution in [0.1, 0.15) is 18.0 Å². The van der Waals surface area contributed by atoms with Crippen LogP contribution in [-0.4, -0.2) is 41.0 Å². The SMILES string of the molecule is O=C1[C@H]2[C@@H](C(=O)N1c1ccccc1Br)N1CCCN1[C@H]2c1ccc(Cl)cc1. The predicted octanol–water partition coefficient (Wildman–Crippen LogP) is 3.64. The maximum atomic E-state index is 13.4. The molecule has 3 aliphatic heterocycles. The minimum atomic E-state index is -0.437. The molecule has 0 saturated carbocycles. The average molecular weight is 447 g/mol. The molecule has 27 heavy (non-hydrogen) atoms. The smallest absolute Gasteiger partial charge is 0.253 e. The van der Waals surface area contributed by atoms with E-state index in [0.717, 1.165) is 29.5 Å². The number of carbonyl (C=O) groups is 2. The summed E-state index contributed by atoms with van der Waals surface area (Å²) >= 11 is 9.54. The standard InChI is InChI=1S/C20H17BrClN3O2/c21-14-4-1-2-5-15(14)25-19(26)16-17(12-6-8-13(22)9-7-12)23-10-3-11-24(23)18(16)20(25)27/h1-2,4-9,16-18H,3,10-11H2/t16-,17+,18+/m1/s1. The third kappa shape index (κ3) is 2.51. The molecule has 3 fully saturated rings. The maximum Gasteiger partial charge on any atom is 0.253 e. The lowest BCUT2D eigenvalue weighted by Crippen LogP contribution is -2.44. The van der Waals surface area contributed by atoms with Crippen molar-refractivity contribution in [3.8, 4) is 0 Å². The fraction of sp³-hybridized carbons (Fsp3) is 0.300. The van der Waals surface area contributed by atoms with Crippen LogP contribution in [0.25, 0.3) is 0 Å². The molecule has 2 aromatic carbocycles. The summed E-state index contributed by atoms with van der Waals surface area (Å²) in [5.74, 6) is -0.683. The van der Waals surface area contributed by atoms with Gasteiger partial charge in [-0.2, -0.15) is 0 Å². The first-order chi connectivity index (χ1) is 13.1. The first kappa shape index (κ1) is 17.4. The second-order valence-corrected chi connectivity index (χ2v) is 8.40. The van der Waals surface area contributed by atoms with Crippen LogP contribution in [0.5, 0.6) is 0 Å². The fourth-order valence-electron chi connectivity index (χ4n) is 4.64. The number of para-hydroxylation sites is 1.